The topological polar surface area (TPSA) is 57.7 Å². The van der Waals surface area contributed by atoms with Crippen molar-refractivity contribution in [3.63, 3.8) is 0 Å². The van der Waals surface area contributed by atoms with Crippen LogP contribution < -0.4 is 10.2 Å². The van der Waals surface area contributed by atoms with Gasteiger partial charge in [0.05, 0.1) is 13.2 Å². The molecule has 1 rings (SSSR count). The summed E-state index contributed by atoms with van der Waals surface area (Å²) in [5.74, 6) is 0.879. The standard InChI is InChI=1S/C14H24N4O2/c1-17(2)13(19)11-18(3)14-12(6-5-7-16-14)10-15-8-9-20-4/h5-7,15H,8-11H2,1-4H3. The van der Waals surface area contributed by atoms with Gasteiger partial charge in [0.2, 0.25) is 5.91 Å². The minimum absolute atomic E-state index is 0.0523. The van der Waals surface area contributed by atoms with Gasteiger partial charge in [0.1, 0.15) is 5.82 Å². The molecule has 0 saturated carbocycles. The summed E-state index contributed by atoms with van der Waals surface area (Å²) in [6.07, 6.45) is 1.74. The molecule has 0 saturated heterocycles. The maximum absolute atomic E-state index is 11.8. The first-order chi connectivity index (χ1) is 9.56. The van der Waals surface area contributed by atoms with Crippen LogP contribution in [0, 0.1) is 0 Å². The third kappa shape index (κ3) is 5.14. The van der Waals surface area contributed by atoms with Crippen molar-refractivity contribution in [1.29, 1.82) is 0 Å². The van der Waals surface area contributed by atoms with Gasteiger partial charge < -0.3 is 19.9 Å². The highest BCUT2D eigenvalue weighted by molar-refractivity contribution is 5.80. The smallest absolute Gasteiger partial charge is 0.241 e. The van der Waals surface area contributed by atoms with E-state index in [2.05, 4.69) is 10.3 Å². The average Bonchev–Trinajstić information content (AvgIpc) is 2.43. The number of anilines is 1. The molecule has 6 nitrogen and oxygen atoms in total. The summed E-state index contributed by atoms with van der Waals surface area (Å²) in [7, 11) is 7.06. The summed E-state index contributed by atoms with van der Waals surface area (Å²) in [6, 6.07) is 3.91. The summed E-state index contributed by atoms with van der Waals surface area (Å²) in [4.78, 5) is 19.6. The average molecular weight is 280 g/mol. The van der Waals surface area contributed by atoms with Gasteiger partial charge in [-0.05, 0) is 6.07 Å². The lowest BCUT2D eigenvalue weighted by molar-refractivity contribution is -0.127. The Bertz CT molecular complexity index is 423. The van der Waals surface area contributed by atoms with Crippen molar-refractivity contribution in [2.75, 3.05) is 52.8 Å². The van der Waals surface area contributed by atoms with Crippen LogP contribution in [0.3, 0.4) is 0 Å². The van der Waals surface area contributed by atoms with Gasteiger partial charge in [-0.3, -0.25) is 4.79 Å². The van der Waals surface area contributed by atoms with Crippen LogP contribution in [0.4, 0.5) is 5.82 Å². The normalized spacial score (nSPS) is 10.4. The minimum Gasteiger partial charge on any atom is -0.383 e. The molecule has 0 bridgehead atoms. The molecule has 0 atom stereocenters. The summed E-state index contributed by atoms with van der Waals surface area (Å²) < 4.78 is 5.00. The fourth-order valence-corrected chi connectivity index (χ4v) is 1.73. The number of nitrogens with zero attached hydrogens (tertiary/aromatic N) is 3. The summed E-state index contributed by atoms with van der Waals surface area (Å²) in [6.45, 7) is 2.47. The molecule has 0 aliphatic rings. The van der Waals surface area contributed by atoms with E-state index in [9.17, 15) is 4.79 Å². The van der Waals surface area contributed by atoms with Crippen molar-refractivity contribution < 1.29 is 9.53 Å². The molecular weight excluding hydrogens is 256 g/mol. The van der Waals surface area contributed by atoms with Crippen molar-refractivity contribution >= 4 is 11.7 Å². The highest BCUT2D eigenvalue weighted by Gasteiger charge is 2.13. The van der Waals surface area contributed by atoms with Crippen LogP contribution in [0.5, 0.6) is 0 Å². The Balaban J connectivity index is 2.66. The lowest BCUT2D eigenvalue weighted by Crippen LogP contribution is -2.35. The van der Waals surface area contributed by atoms with E-state index >= 15 is 0 Å². The van der Waals surface area contributed by atoms with Gasteiger partial charge in [0.25, 0.3) is 0 Å². The molecule has 1 aromatic heterocycles. The molecule has 0 spiro atoms. The van der Waals surface area contributed by atoms with Crippen LogP contribution >= 0.6 is 0 Å². The Morgan fingerprint density at radius 2 is 2.15 bits per heavy atom. The molecular formula is C14H24N4O2. The number of likely N-dealkylation sites (N-methyl/N-ethyl adjacent to an activating group) is 2. The third-order valence-corrected chi connectivity index (χ3v) is 2.90. The lowest BCUT2D eigenvalue weighted by atomic mass is 10.2. The van der Waals surface area contributed by atoms with Crippen molar-refractivity contribution in [3.05, 3.63) is 23.9 Å². The van der Waals surface area contributed by atoms with Gasteiger partial charge in [-0.25, -0.2) is 4.98 Å². The van der Waals surface area contributed by atoms with Crippen LogP contribution in [0.1, 0.15) is 5.56 Å². The van der Waals surface area contributed by atoms with Gasteiger partial charge in [-0.15, -0.1) is 0 Å². The summed E-state index contributed by atoms with van der Waals surface area (Å²) >= 11 is 0. The summed E-state index contributed by atoms with van der Waals surface area (Å²) in [5.41, 5.74) is 1.07. The largest absolute Gasteiger partial charge is 0.383 e. The number of aromatic nitrogens is 1. The van der Waals surface area contributed by atoms with E-state index in [0.29, 0.717) is 19.7 Å². The highest BCUT2D eigenvalue weighted by Crippen LogP contribution is 2.15. The molecule has 0 unspecified atom stereocenters. The van der Waals surface area contributed by atoms with Gasteiger partial charge in [-0.2, -0.15) is 0 Å². The summed E-state index contributed by atoms with van der Waals surface area (Å²) in [5, 5.41) is 3.29. The molecule has 0 aliphatic carbocycles. The number of pyridine rings is 1. The molecule has 1 amide bonds. The second-order valence-corrected chi connectivity index (χ2v) is 4.80. The molecule has 112 valence electrons. The molecule has 20 heavy (non-hydrogen) atoms. The SMILES string of the molecule is COCCNCc1cccnc1N(C)CC(=O)N(C)C. The van der Waals surface area contributed by atoms with Gasteiger partial charge in [0.15, 0.2) is 0 Å². The number of carbonyl (C=O) groups is 1. The fraction of sp³-hybridized carbons (Fsp3) is 0.571. The van der Waals surface area contributed by atoms with Crippen molar-refractivity contribution in [3.8, 4) is 0 Å². The van der Waals surface area contributed by atoms with Crippen LogP contribution in [0.2, 0.25) is 0 Å². The Morgan fingerprint density at radius 1 is 1.40 bits per heavy atom. The second-order valence-electron chi connectivity index (χ2n) is 4.80. The number of carbonyl (C=O) groups excluding carboxylic acids is 1. The number of hydrogen-bond acceptors (Lipinski definition) is 5. The van der Waals surface area contributed by atoms with Crippen molar-refractivity contribution in [2.24, 2.45) is 0 Å². The van der Waals surface area contributed by atoms with E-state index in [1.54, 1.807) is 32.3 Å². The van der Waals surface area contributed by atoms with E-state index in [1.807, 2.05) is 24.1 Å². The van der Waals surface area contributed by atoms with Crippen LogP contribution in [-0.2, 0) is 16.1 Å². The molecule has 1 aromatic rings. The Morgan fingerprint density at radius 3 is 2.80 bits per heavy atom. The zero-order valence-electron chi connectivity index (χ0n) is 12.7. The number of hydrogen-bond donors (Lipinski definition) is 1. The Labute approximate surface area is 120 Å². The first-order valence-electron chi connectivity index (χ1n) is 6.61. The molecule has 0 fully saturated rings. The first-order valence-corrected chi connectivity index (χ1v) is 6.61. The zero-order chi connectivity index (χ0) is 15.0. The van der Waals surface area contributed by atoms with Gasteiger partial charge >= 0.3 is 0 Å². The zero-order valence-corrected chi connectivity index (χ0v) is 12.7. The second kappa shape index (κ2) is 8.50. The predicted octanol–water partition coefficient (Wildman–Crippen LogP) is 0.342. The number of methoxy groups -OCH3 is 1. The van der Waals surface area contributed by atoms with Crippen LogP contribution in [0.25, 0.3) is 0 Å². The van der Waals surface area contributed by atoms with E-state index in [0.717, 1.165) is 17.9 Å². The quantitative estimate of drug-likeness (QED) is 0.696. The highest BCUT2D eigenvalue weighted by atomic mass is 16.5. The van der Waals surface area contributed by atoms with Crippen LogP contribution in [0.15, 0.2) is 18.3 Å². The maximum Gasteiger partial charge on any atom is 0.241 e. The minimum atomic E-state index is 0.0523. The first kappa shape index (κ1) is 16.4. The predicted molar refractivity (Wildman–Crippen MR) is 79.8 cm³/mol. The molecule has 0 radical (unpaired) electrons. The van der Waals surface area contributed by atoms with E-state index in [1.165, 1.54) is 0 Å². The molecule has 0 aromatic carbocycles. The van der Waals surface area contributed by atoms with E-state index in [4.69, 9.17) is 4.74 Å². The Kier molecular flexibility index (Phi) is 6.97. The monoisotopic (exact) mass is 280 g/mol. The van der Waals surface area contributed by atoms with Crippen molar-refractivity contribution in [2.45, 2.75) is 6.54 Å². The number of nitrogens with one attached hydrogen (secondary N) is 1. The lowest BCUT2D eigenvalue weighted by Gasteiger charge is -2.22. The maximum atomic E-state index is 11.8. The number of amides is 1. The molecule has 1 heterocycles. The van der Waals surface area contributed by atoms with E-state index < -0.39 is 0 Å². The number of rotatable bonds is 8. The molecule has 0 aliphatic heterocycles. The van der Waals surface area contributed by atoms with Crippen molar-refractivity contribution in [1.82, 2.24) is 15.2 Å². The fourth-order valence-electron chi connectivity index (χ4n) is 1.73. The van der Waals surface area contributed by atoms with Gasteiger partial charge in [-0.1, -0.05) is 6.07 Å². The van der Waals surface area contributed by atoms with Gasteiger partial charge in [0, 0.05) is 53.1 Å². The number of ether oxygens (including phenoxy) is 1. The third-order valence-electron chi connectivity index (χ3n) is 2.90. The molecule has 6 heteroatoms. The molecule has 1 N–H and O–H groups in total. The Hall–Kier alpha value is -1.66. The van der Waals surface area contributed by atoms with E-state index in [-0.39, 0.29) is 5.91 Å². The van der Waals surface area contributed by atoms with Crippen LogP contribution in [-0.4, -0.2) is 63.7 Å².